The maximum Gasteiger partial charge on any atom is 0.259 e. The molecule has 118 valence electrons. The summed E-state index contributed by atoms with van der Waals surface area (Å²) in [5.41, 5.74) is 2.97. The molecule has 23 heavy (non-hydrogen) atoms. The molecule has 0 bridgehead atoms. The molecule has 3 rings (SSSR count). The van der Waals surface area contributed by atoms with Crippen molar-refractivity contribution in [3.8, 4) is 22.8 Å². The lowest BCUT2D eigenvalue weighted by Crippen LogP contribution is -2.22. The van der Waals surface area contributed by atoms with Crippen LogP contribution in [0.2, 0.25) is 0 Å². The fraction of sp³-hybridized carbons (Fsp3) is 0.278. The highest BCUT2D eigenvalue weighted by molar-refractivity contribution is 5.60. The molecule has 0 saturated heterocycles. The van der Waals surface area contributed by atoms with E-state index in [2.05, 4.69) is 40.8 Å². The van der Waals surface area contributed by atoms with E-state index >= 15 is 0 Å². The van der Waals surface area contributed by atoms with Crippen molar-refractivity contribution in [3.63, 3.8) is 0 Å². The summed E-state index contributed by atoms with van der Waals surface area (Å²) in [7, 11) is 0. The first-order chi connectivity index (χ1) is 11.2. The van der Waals surface area contributed by atoms with Gasteiger partial charge in [-0.2, -0.15) is 4.98 Å². The van der Waals surface area contributed by atoms with Gasteiger partial charge in [0.2, 0.25) is 5.82 Å². The molecule has 2 aromatic heterocycles. The molecule has 0 fully saturated rings. The number of hydrogen-bond donors (Lipinski definition) is 0. The van der Waals surface area contributed by atoms with E-state index in [9.17, 15) is 0 Å². The second-order valence-electron chi connectivity index (χ2n) is 5.37. The molecule has 0 radical (unpaired) electrons. The summed E-state index contributed by atoms with van der Waals surface area (Å²) in [5.74, 6) is 2.03. The van der Waals surface area contributed by atoms with Gasteiger partial charge >= 0.3 is 0 Å². The van der Waals surface area contributed by atoms with Crippen molar-refractivity contribution in [2.45, 2.75) is 20.8 Å². The third kappa shape index (κ3) is 3.23. The Labute approximate surface area is 136 Å². The normalized spacial score (nSPS) is 10.7. The summed E-state index contributed by atoms with van der Waals surface area (Å²) in [5, 5.41) is 4.06. The van der Waals surface area contributed by atoms with Gasteiger partial charge in [-0.25, -0.2) is 4.98 Å². The first-order valence-electron chi connectivity index (χ1n) is 7.83. The fourth-order valence-electron chi connectivity index (χ4n) is 2.41. The summed E-state index contributed by atoms with van der Waals surface area (Å²) >= 11 is 0. The summed E-state index contributed by atoms with van der Waals surface area (Å²) in [4.78, 5) is 11.1. The molecule has 0 aliphatic rings. The number of nitrogens with zero attached hydrogens (tertiary/aromatic N) is 4. The van der Waals surface area contributed by atoms with Crippen LogP contribution < -0.4 is 4.90 Å². The van der Waals surface area contributed by atoms with Crippen LogP contribution in [0.3, 0.4) is 0 Å². The second-order valence-corrected chi connectivity index (χ2v) is 5.37. The molecule has 0 aliphatic heterocycles. The van der Waals surface area contributed by atoms with Gasteiger partial charge in [0.15, 0.2) is 0 Å². The first-order valence-corrected chi connectivity index (χ1v) is 7.83. The van der Waals surface area contributed by atoms with E-state index in [-0.39, 0.29) is 0 Å². The quantitative estimate of drug-likeness (QED) is 0.714. The molecule has 0 saturated carbocycles. The summed E-state index contributed by atoms with van der Waals surface area (Å²) in [6, 6.07) is 12.0. The van der Waals surface area contributed by atoms with Crippen LogP contribution in [0, 0.1) is 6.92 Å². The Morgan fingerprint density at radius 3 is 2.26 bits per heavy atom. The van der Waals surface area contributed by atoms with Gasteiger partial charge < -0.3 is 9.42 Å². The lowest BCUT2D eigenvalue weighted by Gasteiger charge is -2.19. The molecule has 0 unspecified atom stereocenters. The Kier molecular flexibility index (Phi) is 4.37. The second kappa shape index (κ2) is 6.60. The third-order valence-corrected chi connectivity index (χ3v) is 3.82. The minimum atomic E-state index is 0.485. The predicted molar refractivity (Wildman–Crippen MR) is 91.3 cm³/mol. The van der Waals surface area contributed by atoms with Crippen molar-refractivity contribution in [3.05, 3.63) is 48.2 Å². The van der Waals surface area contributed by atoms with Gasteiger partial charge in [0, 0.05) is 24.8 Å². The Bertz CT molecular complexity index is 758. The summed E-state index contributed by atoms with van der Waals surface area (Å²) in [6.45, 7) is 8.15. The lowest BCUT2D eigenvalue weighted by molar-refractivity contribution is 0.432. The van der Waals surface area contributed by atoms with Gasteiger partial charge in [-0.3, -0.25) is 0 Å². The maximum absolute atomic E-state index is 5.37. The minimum Gasteiger partial charge on any atom is -0.357 e. The smallest absolute Gasteiger partial charge is 0.259 e. The van der Waals surface area contributed by atoms with Gasteiger partial charge in [0.25, 0.3) is 5.89 Å². The van der Waals surface area contributed by atoms with Gasteiger partial charge in [-0.05, 0) is 32.9 Å². The van der Waals surface area contributed by atoms with E-state index in [0.29, 0.717) is 11.7 Å². The van der Waals surface area contributed by atoms with Crippen LogP contribution >= 0.6 is 0 Å². The van der Waals surface area contributed by atoms with Crippen LogP contribution in [0.25, 0.3) is 22.8 Å². The molecule has 5 heteroatoms. The highest BCUT2D eigenvalue weighted by atomic mass is 16.5. The lowest BCUT2D eigenvalue weighted by atomic mass is 10.1. The topological polar surface area (TPSA) is 55.1 Å². The van der Waals surface area contributed by atoms with Crippen molar-refractivity contribution >= 4 is 5.82 Å². The number of aryl methyl sites for hydroxylation is 1. The monoisotopic (exact) mass is 308 g/mol. The Hall–Kier alpha value is -2.69. The number of aromatic nitrogens is 3. The fourth-order valence-corrected chi connectivity index (χ4v) is 2.41. The zero-order chi connectivity index (χ0) is 16.2. The minimum absolute atomic E-state index is 0.485. The molecular formula is C18H20N4O. The predicted octanol–water partition coefficient (Wildman–Crippen LogP) is 3.95. The van der Waals surface area contributed by atoms with Crippen molar-refractivity contribution in [2.75, 3.05) is 18.0 Å². The van der Waals surface area contributed by atoms with Crippen molar-refractivity contribution in [2.24, 2.45) is 0 Å². The molecule has 5 nitrogen and oxygen atoms in total. The molecule has 2 heterocycles. The SMILES string of the molecule is CCN(CC)c1ccc(-c2nc(-c3ccc(C)cc3)no2)cn1. The largest absolute Gasteiger partial charge is 0.357 e. The van der Waals surface area contributed by atoms with Gasteiger partial charge in [-0.1, -0.05) is 35.0 Å². The molecule has 0 spiro atoms. The average Bonchev–Trinajstić information content (AvgIpc) is 3.07. The highest BCUT2D eigenvalue weighted by Gasteiger charge is 2.11. The van der Waals surface area contributed by atoms with E-state index in [1.54, 1.807) is 6.20 Å². The van der Waals surface area contributed by atoms with Crippen LogP contribution in [0.1, 0.15) is 19.4 Å². The van der Waals surface area contributed by atoms with E-state index in [1.807, 2.05) is 36.4 Å². The third-order valence-electron chi connectivity index (χ3n) is 3.82. The Morgan fingerprint density at radius 1 is 0.957 bits per heavy atom. The van der Waals surface area contributed by atoms with Crippen molar-refractivity contribution in [1.82, 2.24) is 15.1 Å². The number of hydrogen-bond acceptors (Lipinski definition) is 5. The van der Waals surface area contributed by atoms with Crippen LogP contribution in [-0.2, 0) is 0 Å². The van der Waals surface area contributed by atoms with E-state index < -0.39 is 0 Å². The van der Waals surface area contributed by atoms with E-state index in [1.165, 1.54) is 5.56 Å². The Morgan fingerprint density at radius 2 is 1.65 bits per heavy atom. The number of anilines is 1. The molecule has 0 atom stereocenters. The van der Waals surface area contributed by atoms with Gasteiger partial charge in [-0.15, -0.1) is 0 Å². The zero-order valence-electron chi connectivity index (χ0n) is 13.7. The molecule has 0 amide bonds. The molecule has 3 aromatic rings. The van der Waals surface area contributed by atoms with Gasteiger partial charge in [0.05, 0.1) is 5.56 Å². The van der Waals surface area contributed by atoms with Crippen LogP contribution in [-0.4, -0.2) is 28.2 Å². The number of rotatable bonds is 5. The van der Waals surface area contributed by atoms with E-state index in [4.69, 9.17) is 4.52 Å². The van der Waals surface area contributed by atoms with Gasteiger partial charge in [0.1, 0.15) is 5.82 Å². The number of pyridine rings is 1. The molecule has 1 aromatic carbocycles. The highest BCUT2D eigenvalue weighted by Crippen LogP contribution is 2.23. The van der Waals surface area contributed by atoms with Crippen LogP contribution in [0.15, 0.2) is 47.1 Å². The zero-order valence-corrected chi connectivity index (χ0v) is 13.7. The van der Waals surface area contributed by atoms with Crippen molar-refractivity contribution < 1.29 is 4.52 Å². The van der Waals surface area contributed by atoms with Crippen molar-refractivity contribution in [1.29, 1.82) is 0 Å². The standard InChI is InChI=1S/C18H20N4O/c1-4-22(5-2)16-11-10-15(12-19-16)18-20-17(21-23-18)14-8-6-13(3)7-9-14/h6-12H,4-5H2,1-3H3. The summed E-state index contributed by atoms with van der Waals surface area (Å²) < 4.78 is 5.37. The van der Waals surface area contributed by atoms with E-state index in [0.717, 1.165) is 30.0 Å². The van der Waals surface area contributed by atoms with Crippen LogP contribution in [0.5, 0.6) is 0 Å². The average molecular weight is 308 g/mol. The maximum atomic E-state index is 5.37. The summed E-state index contributed by atoms with van der Waals surface area (Å²) in [6.07, 6.45) is 1.78. The van der Waals surface area contributed by atoms with Crippen LogP contribution in [0.4, 0.5) is 5.82 Å². The molecular weight excluding hydrogens is 288 g/mol. The molecule has 0 N–H and O–H groups in total. The number of benzene rings is 1. The Balaban J connectivity index is 1.84. The molecule has 0 aliphatic carbocycles. The first kappa shape index (κ1) is 15.2.